The van der Waals surface area contributed by atoms with E-state index in [0.717, 1.165) is 18.1 Å². The van der Waals surface area contributed by atoms with Gasteiger partial charge in [0, 0.05) is 11.1 Å². The molecular formula is C27H29FO8S2. The highest BCUT2D eigenvalue weighted by molar-refractivity contribution is 7.86. The smallest absolute Gasteiger partial charge is 0.306 e. The van der Waals surface area contributed by atoms with Crippen molar-refractivity contribution >= 4 is 20.2 Å². The number of halogens is 1. The highest BCUT2D eigenvalue weighted by Gasteiger charge is 2.25. The van der Waals surface area contributed by atoms with Gasteiger partial charge in [-0.25, -0.2) is 4.39 Å². The number of ether oxygens (including phenoxy) is 2. The van der Waals surface area contributed by atoms with Crippen LogP contribution in [0.4, 0.5) is 4.39 Å². The summed E-state index contributed by atoms with van der Waals surface area (Å²) in [4.78, 5) is 0. The summed E-state index contributed by atoms with van der Waals surface area (Å²) in [6.07, 6.45) is 3.65. The van der Waals surface area contributed by atoms with E-state index in [9.17, 15) is 21.2 Å². The molecule has 8 nitrogen and oxygen atoms in total. The van der Waals surface area contributed by atoms with E-state index in [1.807, 2.05) is 19.9 Å². The zero-order valence-electron chi connectivity index (χ0n) is 21.9. The molecule has 0 saturated carbocycles. The van der Waals surface area contributed by atoms with Gasteiger partial charge in [0.15, 0.2) is 23.1 Å². The lowest BCUT2D eigenvalue weighted by molar-refractivity contribution is 0.341. The van der Waals surface area contributed by atoms with Crippen LogP contribution in [0, 0.1) is 12.7 Å². The molecule has 0 bridgehead atoms. The van der Waals surface area contributed by atoms with Crippen molar-refractivity contribution in [2.75, 3.05) is 26.2 Å². The van der Waals surface area contributed by atoms with Crippen LogP contribution in [0.1, 0.15) is 19.4 Å². The molecule has 0 spiro atoms. The van der Waals surface area contributed by atoms with Crippen molar-refractivity contribution in [1.29, 1.82) is 0 Å². The van der Waals surface area contributed by atoms with Crippen molar-refractivity contribution in [3.63, 3.8) is 0 Å². The fourth-order valence-electron chi connectivity index (χ4n) is 3.71. The molecule has 0 heterocycles. The monoisotopic (exact) mass is 564 g/mol. The second-order valence-corrected chi connectivity index (χ2v) is 12.0. The van der Waals surface area contributed by atoms with Crippen LogP contribution < -0.4 is 17.8 Å². The molecule has 204 valence electrons. The number of hydrogen-bond acceptors (Lipinski definition) is 8. The van der Waals surface area contributed by atoms with Crippen LogP contribution in [0.15, 0.2) is 60.2 Å². The molecule has 0 aliphatic carbocycles. The maximum Gasteiger partial charge on any atom is 0.306 e. The van der Waals surface area contributed by atoms with E-state index in [1.54, 1.807) is 31.2 Å². The topological polar surface area (TPSA) is 105 Å². The number of hydrogen-bond donors (Lipinski definition) is 0. The zero-order valence-corrected chi connectivity index (χ0v) is 23.5. The minimum atomic E-state index is -4.01. The van der Waals surface area contributed by atoms with Gasteiger partial charge in [-0.3, -0.25) is 0 Å². The van der Waals surface area contributed by atoms with E-state index < -0.39 is 26.1 Å². The molecule has 0 aliphatic heterocycles. The van der Waals surface area contributed by atoms with Crippen LogP contribution >= 0.6 is 0 Å². The molecule has 0 atom stereocenters. The summed E-state index contributed by atoms with van der Waals surface area (Å²) in [5.74, 6) is -0.483. The number of allylic oxidation sites excluding steroid dienone is 1. The molecule has 0 unspecified atom stereocenters. The summed E-state index contributed by atoms with van der Waals surface area (Å²) in [6, 6.07) is 12.2. The minimum Gasteiger partial charge on any atom is -0.492 e. The van der Waals surface area contributed by atoms with E-state index >= 15 is 0 Å². The lowest BCUT2D eigenvalue weighted by Gasteiger charge is -2.20. The quantitative estimate of drug-likeness (QED) is 0.235. The Morgan fingerprint density at radius 2 is 1.47 bits per heavy atom. The lowest BCUT2D eigenvalue weighted by atomic mass is 9.93. The van der Waals surface area contributed by atoms with Crippen molar-refractivity contribution in [3.05, 3.63) is 71.6 Å². The van der Waals surface area contributed by atoms with Gasteiger partial charge in [0.05, 0.1) is 19.6 Å². The van der Waals surface area contributed by atoms with Crippen molar-refractivity contribution in [1.82, 2.24) is 0 Å². The normalized spacial score (nSPS) is 11.6. The van der Waals surface area contributed by atoms with E-state index in [2.05, 4.69) is 0 Å². The third-order valence-corrected chi connectivity index (χ3v) is 6.20. The lowest BCUT2D eigenvalue weighted by Crippen LogP contribution is -2.09. The maximum absolute atomic E-state index is 15.0. The van der Waals surface area contributed by atoms with Crippen molar-refractivity contribution < 1.29 is 39.1 Å². The van der Waals surface area contributed by atoms with Gasteiger partial charge in [-0.05, 0) is 73.9 Å². The predicted octanol–water partition coefficient (Wildman–Crippen LogP) is 5.50. The molecule has 0 fully saturated rings. The predicted molar refractivity (Wildman–Crippen MR) is 144 cm³/mol. The molecule has 0 N–H and O–H groups in total. The molecule has 0 aromatic heterocycles. The summed E-state index contributed by atoms with van der Waals surface area (Å²) >= 11 is 0. The van der Waals surface area contributed by atoms with Gasteiger partial charge in [-0.2, -0.15) is 16.8 Å². The van der Waals surface area contributed by atoms with Gasteiger partial charge in [0.1, 0.15) is 12.4 Å². The average Bonchev–Trinajstić information content (AvgIpc) is 2.78. The van der Waals surface area contributed by atoms with Crippen LogP contribution in [-0.4, -0.2) is 43.1 Å². The first-order valence-corrected chi connectivity index (χ1v) is 15.0. The van der Waals surface area contributed by atoms with E-state index in [-0.39, 0.29) is 29.6 Å². The third-order valence-electron chi connectivity index (χ3n) is 5.24. The second kappa shape index (κ2) is 11.4. The summed E-state index contributed by atoms with van der Waals surface area (Å²) in [6.45, 7) is 5.75. The Labute approximate surface area is 222 Å². The summed E-state index contributed by atoms with van der Waals surface area (Å²) in [5.41, 5.74) is 3.33. The molecule has 0 amide bonds. The Morgan fingerprint density at radius 1 is 0.868 bits per heavy atom. The number of rotatable bonds is 10. The van der Waals surface area contributed by atoms with E-state index in [0.29, 0.717) is 27.8 Å². The van der Waals surface area contributed by atoms with Crippen molar-refractivity contribution in [2.24, 2.45) is 0 Å². The van der Waals surface area contributed by atoms with Gasteiger partial charge in [0.2, 0.25) is 0 Å². The third kappa shape index (κ3) is 7.48. The van der Waals surface area contributed by atoms with Crippen LogP contribution in [-0.2, 0) is 20.2 Å². The summed E-state index contributed by atoms with van der Waals surface area (Å²) in [5, 5.41) is 0. The van der Waals surface area contributed by atoms with Gasteiger partial charge in [-0.1, -0.05) is 23.8 Å². The molecular weight excluding hydrogens is 535 g/mol. The molecule has 3 aromatic rings. The molecule has 0 aliphatic rings. The molecule has 0 radical (unpaired) electrons. The Balaban J connectivity index is 2.16. The van der Waals surface area contributed by atoms with Crippen molar-refractivity contribution in [3.8, 4) is 45.3 Å². The molecule has 0 saturated heterocycles. The standard InChI is InChI=1S/C27H29FO8S2/c1-17(2)13-14-34-24-12-9-20(16-23(24)28)25-18(3)15-22(26(33-4)27(25)36-38(6,31)32)19-7-10-21(11-8-19)35-37(5,29)30/h7-13,15-16H,14H2,1-6H3. The highest BCUT2D eigenvalue weighted by Crippen LogP contribution is 2.48. The zero-order chi connectivity index (χ0) is 28.3. The SMILES string of the molecule is COc1c(-c2ccc(OS(C)(=O)=O)cc2)cc(C)c(-c2ccc(OCC=C(C)C)c(F)c2)c1OS(C)(=O)=O. The highest BCUT2D eigenvalue weighted by atomic mass is 32.2. The number of aryl methyl sites for hydroxylation is 1. The fraction of sp³-hybridized carbons (Fsp3) is 0.259. The summed E-state index contributed by atoms with van der Waals surface area (Å²) < 4.78 is 83.6. The molecule has 11 heteroatoms. The Bertz CT molecular complexity index is 1570. The maximum atomic E-state index is 15.0. The van der Waals surface area contributed by atoms with Crippen molar-refractivity contribution in [2.45, 2.75) is 20.8 Å². The van der Waals surface area contributed by atoms with Crippen LogP contribution in [0.25, 0.3) is 22.3 Å². The minimum absolute atomic E-state index is 0.0504. The van der Waals surface area contributed by atoms with Gasteiger partial charge in [-0.15, -0.1) is 0 Å². The first-order valence-electron chi connectivity index (χ1n) is 11.4. The first-order chi connectivity index (χ1) is 17.7. The molecule has 3 aromatic carbocycles. The Morgan fingerprint density at radius 3 is 2.00 bits per heavy atom. The van der Waals surface area contributed by atoms with Crippen LogP contribution in [0.2, 0.25) is 0 Å². The van der Waals surface area contributed by atoms with E-state index in [1.165, 1.54) is 31.4 Å². The largest absolute Gasteiger partial charge is 0.492 e. The first kappa shape index (κ1) is 29.0. The Hall–Kier alpha value is -3.57. The van der Waals surface area contributed by atoms with Crippen LogP contribution in [0.5, 0.6) is 23.0 Å². The number of benzene rings is 3. The number of methoxy groups -OCH3 is 1. The average molecular weight is 565 g/mol. The van der Waals surface area contributed by atoms with Gasteiger partial charge < -0.3 is 17.8 Å². The fourth-order valence-corrected chi connectivity index (χ4v) is 4.63. The van der Waals surface area contributed by atoms with Gasteiger partial charge in [0.25, 0.3) is 0 Å². The second-order valence-electron chi connectivity index (χ2n) is 8.82. The van der Waals surface area contributed by atoms with Gasteiger partial charge >= 0.3 is 20.2 Å². The summed E-state index contributed by atoms with van der Waals surface area (Å²) in [7, 11) is -6.36. The van der Waals surface area contributed by atoms with E-state index in [4.69, 9.17) is 17.8 Å². The Kier molecular flexibility index (Phi) is 8.73. The molecule has 3 rings (SSSR count). The molecule has 38 heavy (non-hydrogen) atoms. The van der Waals surface area contributed by atoms with Crippen LogP contribution in [0.3, 0.4) is 0 Å².